The number of benzene rings is 2. The standard InChI is InChI=1S/C30H48N2O6/c1-23(2)31-19-27(33)21-37-29-9-5-25(6-10-29)13-15-35-17-18-36-16-14-26-7-11-30(12-8-26)38-22-28(34)20-32-24(3)4/h5-12,23-24,27-28,31-34H,13-22H2,1-4H3. The minimum Gasteiger partial charge on any atom is -0.491 e. The summed E-state index contributed by atoms with van der Waals surface area (Å²) in [5.41, 5.74) is 2.35. The van der Waals surface area contributed by atoms with Gasteiger partial charge in [-0.05, 0) is 48.2 Å². The molecule has 2 aromatic rings. The Balaban J connectivity index is 1.48. The van der Waals surface area contributed by atoms with Gasteiger partial charge in [0.1, 0.15) is 36.9 Å². The van der Waals surface area contributed by atoms with E-state index in [1.54, 1.807) is 0 Å². The molecule has 2 atom stereocenters. The molecule has 2 unspecified atom stereocenters. The van der Waals surface area contributed by atoms with E-state index in [1.807, 2.05) is 76.2 Å². The van der Waals surface area contributed by atoms with Crippen molar-refractivity contribution < 1.29 is 29.2 Å². The highest BCUT2D eigenvalue weighted by atomic mass is 16.5. The Labute approximate surface area is 228 Å². The lowest BCUT2D eigenvalue weighted by atomic mass is 10.1. The number of rotatable bonds is 21. The van der Waals surface area contributed by atoms with Crippen LogP contribution in [0.5, 0.6) is 11.5 Å². The van der Waals surface area contributed by atoms with Crippen LogP contribution in [0.1, 0.15) is 38.8 Å². The summed E-state index contributed by atoms with van der Waals surface area (Å²) in [6.07, 6.45) is 0.578. The van der Waals surface area contributed by atoms with E-state index < -0.39 is 12.2 Å². The van der Waals surface area contributed by atoms with Crippen molar-refractivity contribution in [2.45, 2.75) is 64.8 Å². The Morgan fingerprint density at radius 2 is 0.947 bits per heavy atom. The third kappa shape index (κ3) is 15.3. The largest absolute Gasteiger partial charge is 0.491 e. The zero-order valence-electron chi connectivity index (χ0n) is 23.5. The fourth-order valence-corrected chi connectivity index (χ4v) is 3.45. The van der Waals surface area contributed by atoms with E-state index in [-0.39, 0.29) is 13.2 Å². The summed E-state index contributed by atoms with van der Waals surface area (Å²) >= 11 is 0. The summed E-state index contributed by atoms with van der Waals surface area (Å²) in [4.78, 5) is 0. The second-order valence-electron chi connectivity index (χ2n) is 10.1. The highest BCUT2D eigenvalue weighted by Gasteiger charge is 2.07. The monoisotopic (exact) mass is 532 g/mol. The first-order chi connectivity index (χ1) is 18.3. The number of aliphatic hydroxyl groups excluding tert-OH is 2. The van der Waals surface area contributed by atoms with Crippen LogP contribution in [-0.2, 0) is 22.3 Å². The third-order valence-corrected chi connectivity index (χ3v) is 5.70. The molecule has 0 fully saturated rings. The van der Waals surface area contributed by atoms with E-state index >= 15 is 0 Å². The summed E-state index contributed by atoms with van der Waals surface area (Å²) in [5.74, 6) is 1.50. The molecule has 4 N–H and O–H groups in total. The molecule has 0 radical (unpaired) electrons. The molecule has 0 saturated carbocycles. The zero-order chi connectivity index (χ0) is 27.6. The normalized spacial score (nSPS) is 13.2. The van der Waals surface area contributed by atoms with Crippen molar-refractivity contribution in [2.75, 3.05) is 52.7 Å². The van der Waals surface area contributed by atoms with Gasteiger partial charge in [-0.2, -0.15) is 0 Å². The topological polar surface area (TPSA) is 101 Å². The lowest BCUT2D eigenvalue weighted by Crippen LogP contribution is -2.35. The summed E-state index contributed by atoms with van der Waals surface area (Å²) in [5, 5.41) is 26.3. The van der Waals surface area contributed by atoms with Gasteiger partial charge in [-0.1, -0.05) is 52.0 Å². The number of hydrogen-bond acceptors (Lipinski definition) is 8. The van der Waals surface area contributed by atoms with Crippen molar-refractivity contribution in [1.82, 2.24) is 10.6 Å². The highest BCUT2D eigenvalue weighted by Crippen LogP contribution is 2.14. The zero-order valence-corrected chi connectivity index (χ0v) is 23.5. The van der Waals surface area contributed by atoms with Gasteiger partial charge in [0, 0.05) is 25.2 Å². The number of ether oxygens (including phenoxy) is 4. The molecule has 2 rings (SSSR count). The summed E-state index contributed by atoms with van der Waals surface area (Å²) in [6.45, 7) is 12.1. The van der Waals surface area contributed by atoms with E-state index in [0.717, 1.165) is 24.3 Å². The second-order valence-corrected chi connectivity index (χ2v) is 10.1. The fraction of sp³-hybridized carbons (Fsp3) is 0.600. The van der Waals surface area contributed by atoms with Gasteiger partial charge in [0.15, 0.2) is 0 Å². The maximum atomic E-state index is 9.93. The van der Waals surface area contributed by atoms with Crippen LogP contribution in [0, 0.1) is 0 Å². The molecule has 214 valence electrons. The van der Waals surface area contributed by atoms with E-state index in [2.05, 4.69) is 10.6 Å². The first-order valence-electron chi connectivity index (χ1n) is 13.7. The van der Waals surface area contributed by atoms with Crippen molar-refractivity contribution in [3.63, 3.8) is 0 Å². The lowest BCUT2D eigenvalue weighted by Gasteiger charge is -2.15. The van der Waals surface area contributed by atoms with Crippen molar-refractivity contribution in [3.8, 4) is 11.5 Å². The fourth-order valence-electron chi connectivity index (χ4n) is 3.45. The highest BCUT2D eigenvalue weighted by molar-refractivity contribution is 5.28. The molecule has 0 bridgehead atoms. The maximum absolute atomic E-state index is 9.93. The molecule has 8 heteroatoms. The van der Waals surface area contributed by atoms with Crippen molar-refractivity contribution in [3.05, 3.63) is 59.7 Å². The van der Waals surface area contributed by atoms with Gasteiger partial charge < -0.3 is 39.8 Å². The molecule has 0 aliphatic heterocycles. The number of aliphatic hydroxyl groups is 2. The van der Waals surface area contributed by atoms with Crippen LogP contribution in [0.4, 0.5) is 0 Å². The van der Waals surface area contributed by atoms with Crippen LogP contribution in [0.2, 0.25) is 0 Å². The molecule has 0 aliphatic carbocycles. The Hall–Kier alpha value is -2.20. The van der Waals surface area contributed by atoms with Crippen molar-refractivity contribution in [2.24, 2.45) is 0 Å². The molecule has 8 nitrogen and oxygen atoms in total. The van der Waals surface area contributed by atoms with Gasteiger partial charge in [0.05, 0.1) is 26.4 Å². The van der Waals surface area contributed by atoms with Gasteiger partial charge in [-0.15, -0.1) is 0 Å². The quantitative estimate of drug-likeness (QED) is 0.182. The minimum absolute atomic E-state index is 0.268. The predicted octanol–water partition coefficient (Wildman–Crippen LogP) is 2.98. The summed E-state index contributed by atoms with van der Waals surface area (Å²) in [6, 6.07) is 16.5. The lowest BCUT2D eigenvalue weighted by molar-refractivity contribution is 0.0501. The van der Waals surface area contributed by atoms with Crippen LogP contribution in [-0.4, -0.2) is 87.2 Å². The molecule has 0 aliphatic rings. The Morgan fingerprint density at radius 1 is 0.579 bits per heavy atom. The molecule has 38 heavy (non-hydrogen) atoms. The van der Waals surface area contributed by atoms with Crippen LogP contribution in [0.3, 0.4) is 0 Å². The maximum Gasteiger partial charge on any atom is 0.119 e. The molecular weight excluding hydrogens is 484 g/mol. The second kappa shape index (κ2) is 19.0. The van der Waals surface area contributed by atoms with Crippen molar-refractivity contribution in [1.29, 1.82) is 0 Å². The van der Waals surface area contributed by atoms with E-state index in [0.29, 0.717) is 51.6 Å². The molecule has 0 saturated heterocycles. The predicted molar refractivity (Wildman–Crippen MR) is 151 cm³/mol. The SMILES string of the molecule is CC(C)NCC(O)COc1ccc(CCOCCOCCc2ccc(OCC(O)CNC(C)C)cc2)cc1. The smallest absolute Gasteiger partial charge is 0.119 e. The molecule has 2 aromatic carbocycles. The van der Waals surface area contributed by atoms with Gasteiger partial charge in [-0.3, -0.25) is 0 Å². The van der Waals surface area contributed by atoms with Crippen LogP contribution in [0.15, 0.2) is 48.5 Å². The third-order valence-electron chi connectivity index (χ3n) is 5.70. The number of nitrogens with one attached hydrogen (secondary N) is 2. The first kappa shape index (κ1) is 32.0. The molecule has 0 amide bonds. The van der Waals surface area contributed by atoms with Crippen LogP contribution < -0.4 is 20.1 Å². The average Bonchev–Trinajstić information content (AvgIpc) is 2.91. The van der Waals surface area contributed by atoms with Gasteiger partial charge in [0.2, 0.25) is 0 Å². The summed E-state index contributed by atoms with van der Waals surface area (Å²) < 4.78 is 22.7. The number of hydrogen-bond donors (Lipinski definition) is 4. The molecule has 0 spiro atoms. The van der Waals surface area contributed by atoms with Crippen molar-refractivity contribution >= 4 is 0 Å². The van der Waals surface area contributed by atoms with Gasteiger partial charge in [0.25, 0.3) is 0 Å². The van der Waals surface area contributed by atoms with Crippen LogP contribution >= 0.6 is 0 Å². The Morgan fingerprint density at radius 3 is 1.29 bits per heavy atom. The van der Waals surface area contributed by atoms with E-state index in [1.165, 1.54) is 11.1 Å². The van der Waals surface area contributed by atoms with Crippen LogP contribution in [0.25, 0.3) is 0 Å². The minimum atomic E-state index is -0.532. The molecular formula is C30H48N2O6. The Bertz CT molecular complexity index is 773. The Kier molecular flexibility index (Phi) is 16.0. The average molecular weight is 533 g/mol. The van der Waals surface area contributed by atoms with E-state index in [4.69, 9.17) is 18.9 Å². The molecule has 0 aromatic heterocycles. The summed E-state index contributed by atoms with van der Waals surface area (Å²) in [7, 11) is 0. The van der Waals surface area contributed by atoms with Gasteiger partial charge >= 0.3 is 0 Å². The molecule has 0 heterocycles. The van der Waals surface area contributed by atoms with Gasteiger partial charge in [-0.25, -0.2) is 0 Å². The first-order valence-corrected chi connectivity index (χ1v) is 13.7. The van der Waals surface area contributed by atoms with E-state index in [9.17, 15) is 10.2 Å².